The molecule has 26 heavy (non-hydrogen) atoms. The van der Waals surface area contributed by atoms with E-state index in [2.05, 4.69) is 45.3 Å². The van der Waals surface area contributed by atoms with Gasteiger partial charge in [0.05, 0.1) is 14.2 Å². The Morgan fingerprint density at radius 1 is 1.08 bits per heavy atom. The third kappa shape index (κ3) is 4.00. The molecule has 2 heterocycles. The number of benzene rings is 1. The SMILES string of the molecule is CCCCNc1cc(N2CCc3cc(OC)c(OC)cc3C2)nc(C)n1. The van der Waals surface area contributed by atoms with E-state index in [1.807, 2.05) is 6.92 Å². The van der Waals surface area contributed by atoms with Crippen molar-refractivity contribution in [2.75, 3.05) is 37.5 Å². The molecule has 0 amide bonds. The Kier molecular flexibility index (Phi) is 5.81. The van der Waals surface area contributed by atoms with Crippen LogP contribution in [0.4, 0.5) is 11.6 Å². The van der Waals surface area contributed by atoms with E-state index >= 15 is 0 Å². The Morgan fingerprint density at radius 2 is 1.81 bits per heavy atom. The van der Waals surface area contributed by atoms with E-state index < -0.39 is 0 Å². The number of aromatic nitrogens is 2. The molecule has 6 nitrogen and oxygen atoms in total. The molecule has 1 aromatic heterocycles. The monoisotopic (exact) mass is 356 g/mol. The first-order valence-corrected chi connectivity index (χ1v) is 9.23. The first-order valence-electron chi connectivity index (χ1n) is 9.23. The van der Waals surface area contributed by atoms with Gasteiger partial charge >= 0.3 is 0 Å². The van der Waals surface area contributed by atoms with Crippen LogP contribution in [-0.2, 0) is 13.0 Å². The summed E-state index contributed by atoms with van der Waals surface area (Å²) in [6, 6.07) is 6.22. The molecule has 0 saturated carbocycles. The molecule has 2 aromatic rings. The Morgan fingerprint density at radius 3 is 2.50 bits per heavy atom. The number of hydrogen-bond acceptors (Lipinski definition) is 6. The highest BCUT2D eigenvalue weighted by molar-refractivity contribution is 5.54. The van der Waals surface area contributed by atoms with E-state index in [1.54, 1.807) is 14.2 Å². The van der Waals surface area contributed by atoms with Crippen LogP contribution < -0.4 is 19.7 Å². The molecule has 3 rings (SSSR count). The molecule has 1 aromatic carbocycles. The van der Waals surface area contributed by atoms with E-state index in [9.17, 15) is 0 Å². The lowest BCUT2D eigenvalue weighted by atomic mass is 9.99. The van der Waals surface area contributed by atoms with E-state index in [0.717, 1.165) is 67.9 Å². The molecule has 0 fully saturated rings. The molecule has 0 saturated heterocycles. The molecule has 1 aliphatic heterocycles. The highest BCUT2D eigenvalue weighted by atomic mass is 16.5. The summed E-state index contributed by atoms with van der Waals surface area (Å²) in [5.74, 6) is 4.23. The minimum atomic E-state index is 0.772. The minimum Gasteiger partial charge on any atom is -0.493 e. The van der Waals surface area contributed by atoms with Crippen LogP contribution in [0.3, 0.4) is 0 Å². The van der Waals surface area contributed by atoms with Crippen molar-refractivity contribution in [3.05, 3.63) is 35.2 Å². The number of unbranched alkanes of at least 4 members (excludes halogenated alkanes) is 1. The van der Waals surface area contributed by atoms with Crippen molar-refractivity contribution >= 4 is 11.6 Å². The number of fused-ring (bicyclic) bond motifs is 1. The largest absolute Gasteiger partial charge is 0.493 e. The molecule has 0 atom stereocenters. The molecule has 0 bridgehead atoms. The second-order valence-electron chi connectivity index (χ2n) is 6.59. The van der Waals surface area contributed by atoms with Gasteiger partial charge in [0.1, 0.15) is 17.5 Å². The van der Waals surface area contributed by atoms with Crippen LogP contribution in [0.5, 0.6) is 11.5 Å². The third-order valence-corrected chi connectivity index (χ3v) is 4.70. The molecule has 0 radical (unpaired) electrons. The fourth-order valence-corrected chi connectivity index (χ4v) is 3.28. The summed E-state index contributed by atoms with van der Waals surface area (Å²) < 4.78 is 10.9. The van der Waals surface area contributed by atoms with Crippen molar-refractivity contribution in [2.45, 2.75) is 39.7 Å². The summed E-state index contributed by atoms with van der Waals surface area (Å²) in [4.78, 5) is 11.5. The van der Waals surface area contributed by atoms with Gasteiger partial charge in [-0.2, -0.15) is 0 Å². The second-order valence-corrected chi connectivity index (χ2v) is 6.59. The molecular formula is C20H28N4O2. The minimum absolute atomic E-state index is 0.772. The van der Waals surface area contributed by atoms with Crippen LogP contribution in [0.15, 0.2) is 18.2 Å². The van der Waals surface area contributed by atoms with Crippen LogP contribution in [0.25, 0.3) is 0 Å². The van der Waals surface area contributed by atoms with Crippen molar-refractivity contribution in [2.24, 2.45) is 0 Å². The van der Waals surface area contributed by atoms with Crippen molar-refractivity contribution in [3.63, 3.8) is 0 Å². The first kappa shape index (κ1) is 18.3. The zero-order valence-electron chi connectivity index (χ0n) is 16.1. The van der Waals surface area contributed by atoms with Gasteiger partial charge < -0.3 is 19.7 Å². The molecule has 0 aliphatic carbocycles. The molecule has 1 N–H and O–H groups in total. The van der Waals surface area contributed by atoms with Crippen molar-refractivity contribution in [1.82, 2.24) is 9.97 Å². The number of aryl methyl sites for hydroxylation is 1. The van der Waals surface area contributed by atoms with Gasteiger partial charge in [-0.05, 0) is 43.0 Å². The van der Waals surface area contributed by atoms with E-state index in [-0.39, 0.29) is 0 Å². The predicted molar refractivity (Wildman–Crippen MR) is 104 cm³/mol. The highest BCUT2D eigenvalue weighted by Gasteiger charge is 2.21. The van der Waals surface area contributed by atoms with E-state index in [4.69, 9.17) is 9.47 Å². The quantitative estimate of drug-likeness (QED) is 0.765. The summed E-state index contributed by atoms with van der Waals surface area (Å²) in [6.07, 6.45) is 3.26. The fourth-order valence-electron chi connectivity index (χ4n) is 3.28. The zero-order valence-corrected chi connectivity index (χ0v) is 16.1. The summed E-state index contributed by atoms with van der Waals surface area (Å²) in [7, 11) is 3.35. The maximum absolute atomic E-state index is 5.46. The van der Waals surface area contributed by atoms with E-state index in [0.29, 0.717) is 0 Å². The Hall–Kier alpha value is -2.50. The first-order chi connectivity index (χ1) is 12.6. The van der Waals surface area contributed by atoms with Gasteiger partial charge in [-0.1, -0.05) is 13.3 Å². The number of nitrogens with one attached hydrogen (secondary N) is 1. The average Bonchev–Trinajstić information content (AvgIpc) is 2.66. The standard InChI is InChI=1S/C20H28N4O2/c1-5-6-8-21-19-12-20(23-14(2)22-19)24-9-7-15-10-17(25-3)18(26-4)11-16(15)13-24/h10-12H,5-9,13H2,1-4H3,(H,21,22,23). The van der Waals surface area contributed by atoms with Gasteiger partial charge in [-0.3, -0.25) is 0 Å². The van der Waals surface area contributed by atoms with Gasteiger partial charge in [0.25, 0.3) is 0 Å². The normalized spacial score (nSPS) is 13.3. The Balaban J connectivity index is 1.82. The fraction of sp³-hybridized carbons (Fsp3) is 0.500. The average molecular weight is 356 g/mol. The number of rotatable bonds is 7. The maximum Gasteiger partial charge on any atom is 0.161 e. The van der Waals surface area contributed by atoms with Crippen LogP contribution in [0, 0.1) is 6.92 Å². The predicted octanol–water partition coefficient (Wildman–Crippen LogP) is 3.58. The maximum atomic E-state index is 5.46. The van der Waals surface area contributed by atoms with Crippen LogP contribution in [0.2, 0.25) is 0 Å². The number of ether oxygens (including phenoxy) is 2. The molecule has 0 spiro atoms. The lowest BCUT2D eigenvalue weighted by molar-refractivity contribution is 0.353. The van der Waals surface area contributed by atoms with Gasteiger partial charge in [-0.25, -0.2) is 9.97 Å². The highest BCUT2D eigenvalue weighted by Crippen LogP contribution is 2.34. The van der Waals surface area contributed by atoms with E-state index in [1.165, 1.54) is 11.1 Å². The molecule has 6 heteroatoms. The number of anilines is 2. The molecule has 140 valence electrons. The lowest BCUT2D eigenvalue weighted by Crippen LogP contribution is -2.31. The zero-order chi connectivity index (χ0) is 18.5. The summed E-state index contributed by atoms with van der Waals surface area (Å²) in [6.45, 7) is 6.80. The van der Waals surface area contributed by atoms with Gasteiger partial charge in [0.15, 0.2) is 11.5 Å². The topological polar surface area (TPSA) is 59.5 Å². The number of nitrogens with zero attached hydrogens (tertiary/aromatic N) is 3. The summed E-state index contributed by atoms with van der Waals surface area (Å²) >= 11 is 0. The van der Waals surface area contributed by atoms with Crippen LogP contribution in [0.1, 0.15) is 36.7 Å². The summed E-state index contributed by atoms with van der Waals surface area (Å²) in [5.41, 5.74) is 2.57. The van der Waals surface area contributed by atoms with Crippen molar-refractivity contribution < 1.29 is 9.47 Å². The summed E-state index contributed by atoms with van der Waals surface area (Å²) in [5, 5.41) is 3.40. The van der Waals surface area contributed by atoms with Gasteiger partial charge in [0, 0.05) is 25.7 Å². The van der Waals surface area contributed by atoms with Crippen molar-refractivity contribution in [1.29, 1.82) is 0 Å². The lowest BCUT2D eigenvalue weighted by Gasteiger charge is -2.30. The Bertz CT molecular complexity index is 764. The van der Waals surface area contributed by atoms with Crippen LogP contribution in [-0.4, -0.2) is 37.3 Å². The second kappa shape index (κ2) is 8.25. The number of hydrogen-bond donors (Lipinski definition) is 1. The van der Waals surface area contributed by atoms with Crippen LogP contribution >= 0.6 is 0 Å². The third-order valence-electron chi connectivity index (χ3n) is 4.70. The smallest absolute Gasteiger partial charge is 0.161 e. The van der Waals surface area contributed by atoms with Crippen molar-refractivity contribution in [3.8, 4) is 11.5 Å². The number of methoxy groups -OCH3 is 2. The molecule has 1 aliphatic rings. The molecule has 0 unspecified atom stereocenters. The van der Waals surface area contributed by atoms with Gasteiger partial charge in [-0.15, -0.1) is 0 Å². The molecular weight excluding hydrogens is 328 g/mol. The Labute approximate surface area is 155 Å². The van der Waals surface area contributed by atoms with Gasteiger partial charge in [0.2, 0.25) is 0 Å².